The number of fused-ring (bicyclic) bond motifs is 1. The fourth-order valence-corrected chi connectivity index (χ4v) is 2.06. The molecule has 0 saturated carbocycles. The number of pyridine rings is 1. The van der Waals surface area contributed by atoms with Crippen molar-refractivity contribution in [3.63, 3.8) is 0 Å². The van der Waals surface area contributed by atoms with Gasteiger partial charge in [0.05, 0.1) is 18.8 Å². The standard InChI is InChI=1S/C15H20N4O/c1-11(10-20-2)19-15(16)18-9-14-13-6-4-3-5-12(13)7-8-17-14/h3-8,11H,9-10H2,1-2H3,(H3,16,18,19). The summed E-state index contributed by atoms with van der Waals surface area (Å²) >= 11 is 0. The van der Waals surface area contributed by atoms with E-state index >= 15 is 0 Å². The Morgan fingerprint density at radius 2 is 2.20 bits per heavy atom. The number of nitrogens with one attached hydrogen (secondary N) is 1. The Morgan fingerprint density at radius 1 is 1.40 bits per heavy atom. The molecule has 0 aliphatic carbocycles. The summed E-state index contributed by atoms with van der Waals surface area (Å²) in [5.41, 5.74) is 6.78. The Bertz CT molecular complexity index is 592. The number of ether oxygens (including phenoxy) is 1. The smallest absolute Gasteiger partial charge is 0.189 e. The van der Waals surface area contributed by atoms with Crippen LogP contribution in [0.15, 0.2) is 41.5 Å². The van der Waals surface area contributed by atoms with Crippen molar-refractivity contribution >= 4 is 16.7 Å². The van der Waals surface area contributed by atoms with Crippen molar-refractivity contribution in [3.8, 4) is 0 Å². The summed E-state index contributed by atoms with van der Waals surface area (Å²) in [5, 5.41) is 5.34. The predicted octanol–water partition coefficient (Wildman–Crippen LogP) is 1.67. The minimum Gasteiger partial charge on any atom is -0.383 e. The molecule has 1 aromatic heterocycles. The van der Waals surface area contributed by atoms with Crippen molar-refractivity contribution in [2.45, 2.75) is 19.5 Å². The van der Waals surface area contributed by atoms with Crippen LogP contribution < -0.4 is 11.1 Å². The average Bonchev–Trinajstić information content (AvgIpc) is 2.45. The number of guanidine groups is 1. The van der Waals surface area contributed by atoms with E-state index in [1.54, 1.807) is 13.3 Å². The van der Waals surface area contributed by atoms with Gasteiger partial charge in [0.2, 0.25) is 0 Å². The van der Waals surface area contributed by atoms with Crippen molar-refractivity contribution < 1.29 is 4.74 Å². The fourth-order valence-electron chi connectivity index (χ4n) is 2.06. The van der Waals surface area contributed by atoms with Crippen LogP contribution >= 0.6 is 0 Å². The Labute approximate surface area is 118 Å². The number of aromatic nitrogens is 1. The van der Waals surface area contributed by atoms with Gasteiger partial charge in [-0.05, 0) is 18.4 Å². The average molecular weight is 272 g/mol. The molecular weight excluding hydrogens is 252 g/mol. The van der Waals surface area contributed by atoms with E-state index in [-0.39, 0.29) is 6.04 Å². The molecular formula is C15H20N4O. The fraction of sp³-hybridized carbons (Fsp3) is 0.333. The summed E-state index contributed by atoms with van der Waals surface area (Å²) in [6.45, 7) is 3.03. The second kappa shape index (κ2) is 6.86. The molecule has 1 atom stereocenters. The SMILES string of the molecule is COCC(C)NC(N)=NCc1nccc2ccccc12. The summed E-state index contributed by atoms with van der Waals surface area (Å²) in [7, 11) is 1.66. The lowest BCUT2D eigenvalue weighted by molar-refractivity contribution is 0.179. The highest BCUT2D eigenvalue weighted by molar-refractivity contribution is 5.84. The van der Waals surface area contributed by atoms with E-state index in [4.69, 9.17) is 10.5 Å². The molecule has 3 N–H and O–H groups in total. The van der Waals surface area contributed by atoms with Crippen LogP contribution in [0, 0.1) is 0 Å². The van der Waals surface area contributed by atoms with E-state index in [2.05, 4.69) is 21.4 Å². The van der Waals surface area contributed by atoms with Crippen molar-refractivity contribution in [3.05, 3.63) is 42.2 Å². The van der Waals surface area contributed by atoms with Gasteiger partial charge in [-0.2, -0.15) is 0 Å². The molecule has 106 valence electrons. The Morgan fingerprint density at radius 3 is 3.00 bits per heavy atom. The number of aliphatic imine (C=N–C) groups is 1. The summed E-state index contributed by atoms with van der Waals surface area (Å²) in [5.74, 6) is 0.407. The first-order chi connectivity index (χ1) is 9.70. The number of nitrogens with zero attached hydrogens (tertiary/aromatic N) is 2. The number of hydrogen-bond acceptors (Lipinski definition) is 3. The maximum Gasteiger partial charge on any atom is 0.189 e. The Hall–Kier alpha value is -2.14. The molecule has 0 spiro atoms. The van der Waals surface area contributed by atoms with Gasteiger partial charge in [-0.15, -0.1) is 0 Å². The first-order valence-corrected chi connectivity index (χ1v) is 6.58. The molecule has 0 amide bonds. The van der Waals surface area contributed by atoms with Gasteiger partial charge < -0.3 is 15.8 Å². The zero-order valence-electron chi connectivity index (χ0n) is 11.8. The van der Waals surface area contributed by atoms with E-state index in [0.717, 1.165) is 16.5 Å². The molecule has 5 heteroatoms. The normalized spacial score (nSPS) is 13.4. The second-order valence-corrected chi connectivity index (χ2v) is 4.68. The molecule has 0 aliphatic rings. The highest BCUT2D eigenvalue weighted by Crippen LogP contribution is 2.16. The summed E-state index contributed by atoms with van der Waals surface area (Å²) < 4.78 is 5.04. The van der Waals surface area contributed by atoms with Crippen molar-refractivity contribution in [1.29, 1.82) is 0 Å². The van der Waals surface area contributed by atoms with Gasteiger partial charge in [0.25, 0.3) is 0 Å². The zero-order chi connectivity index (χ0) is 14.4. The third-order valence-electron chi connectivity index (χ3n) is 2.97. The van der Waals surface area contributed by atoms with Crippen LogP contribution in [0.5, 0.6) is 0 Å². The zero-order valence-corrected chi connectivity index (χ0v) is 11.8. The van der Waals surface area contributed by atoms with Crippen LogP contribution in [0.1, 0.15) is 12.6 Å². The lowest BCUT2D eigenvalue weighted by Crippen LogP contribution is -2.40. The summed E-state index contributed by atoms with van der Waals surface area (Å²) in [4.78, 5) is 8.71. The Balaban J connectivity index is 2.08. The molecule has 0 saturated heterocycles. The number of methoxy groups -OCH3 is 1. The van der Waals surface area contributed by atoms with Crippen molar-refractivity contribution in [1.82, 2.24) is 10.3 Å². The minimum atomic E-state index is 0.129. The predicted molar refractivity (Wildman–Crippen MR) is 81.5 cm³/mol. The van der Waals surface area contributed by atoms with E-state index in [1.807, 2.05) is 31.2 Å². The van der Waals surface area contributed by atoms with E-state index in [9.17, 15) is 0 Å². The largest absolute Gasteiger partial charge is 0.383 e. The van der Waals surface area contributed by atoms with E-state index in [1.165, 1.54) is 0 Å². The maximum absolute atomic E-state index is 5.85. The second-order valence-electron chi connectivity index (χ2n) is 4.68. The molecule has 0 radical (unpaired) electrons. The van der Waals surface area contributed by atoms with Crippen molar-refractivity contribution in [2.75, 3.05) is 13.7 Å². The first-order valence-electron chi connectivity index (χ1n) is 6.58. The summed E-state index contributed by atoms with van der Waals surface area (Å²) in [6.07, 6.45) is 1.80. The van der Waals surface area contributed by atoms with E-state index in [0.29, 0.717) is 19.1 Å². The van der Waals surface area contributed by atoms with E-state index < -0.39 is 0 Å². The lowest BCUT2D eigenvalue weighted by Gasteiger charge is -2.13. The van der Waals surface area contributed by atoms with Crippen molar-refractivity contribution in [2.24, 2.45) is 10.7 Å². The van der Waals surface area contributed by atoms with Gasteiger partial charge in [-0.3, -0.25) is 4.98 Å². The molecule has 0 fully saturated rings. The summed E-state index contributed by atoms with van der Waals surface area (Å²) in [6, 6.07) is 10.2. The van der Waals surface area contributed by atoms with Crippen LogP contribution in [-0.4, -0.2) is 30.7 Å². The molecule has 20 heavy (non-hydrogen) atoms. The maximum atomic E-state index is 5.85. The van der Waals surface area contributed by atoms with Gasteiger partial charge in [0.15, 0.2) is 5.96 Å². The van der Waals surface area contributed by atoms with Crippen LogP contribution in [0.3, 0.4) is 0 Å². The molecule has 1 unspecified atom stereocenters. The van der Waals surface area contributed by atoms with Gasteiger partial charge in [0.1, 0.15) is 0 Å². The molecule has 1 aromatic carbocycles. The highest BCUT2D eigenvalue weighted by Gasteiger charge is 2.03. The van der Waals surface area contributed by atoms with Gasteiger partial charge in [0, 0.05) is 24.7 Å². The third kappa shape index (κ3) is 3.68. The number of rotatable bonds is 5. The van der Waals surface area contributed by atoms with Crippen LogP contribution in [0.2, 0.25) is 0 Å². The first kappa shape index (κ1) is 14.3. The molecule has 2 rings (SSSR count). The van der Waals surface area contributed by atoms with Crippen LogP contribution in [-0.2, 0) is 11.3 Å². The van der Waals surface area contributed by atoms with Gasteiger partial charge in [-0.1, -0.05) is 24.3 Å². The molecule has 1 heterocycles. The molecule has 0 aliphatic heterocycles. The molecule has 0 bridgehead atoms. The van der Waals surface area contributed by atoms with Crippen LogP contribution in [0.4, 0.5) is 0 Å². The molecule has 2 aromatic rings. The Kier molecular flexibility index (Phi) is 4.90. The highest BCUT2D eigenvalue weighted by atomic mass is 16.5. The number of benzene rings is 1. The number of hydrogen-bond donors (Lipinski definition) is 2. The monoisotopic (exact) mass is 272 g/mol. The van der Waals surface area contributed by atoms with Crippen LogP contribution in [0.25, 0.3) is 10.8 Å². The van der Waals surface area contributed by atoms with Gasteiger partial charge in [-0.25, -0.2) is 4.99 Å². The molecule has 5 nitrogen and oxygen atoms in total. The quantitative estimate of drug-likeness (QED) is 0.641. The lowest BCUT2D eigenvalue weighted by atomic mass is 10.1. The minimum absolute atomic E-state index is 0.129. The number of nitrogens with two attached hydrogens (primary N) is 1. The van der Waals surface area contributed by atoms with Gasteiger partial charge >= 0.3 is 0 Å². The topological polar surface area (TPSA) is 72.5 Å². The third-order valence-corrected chi connectivity index (χ3v) is 2.97.